The van der Waals surface area contributed by atoms with E-state index in [1.54, 1.807) is 23.5 Å². The molecule has 32 heavy (non-hydrogen) atoms. The number of fused-ring (bicyclic) bond motifs is 1. The van der Waals surface area contributed by atoms with Crippen LogP contribution in [-0.2, 0) is 4.79 Å². The van der Waals surface area contributed by atoms with Gasteiger partial charge >= 0.3 is 0 Å². The molecule has 170 valence electrons. The van der Waals surface area contributed by atoms with Crippen molar-refractivity contribution in [3.05, 3.63) is 53.3 Å². The standard InChI is InChI=1S/C23H27FN4O3S/c1-16-25-21-12-20(6-7-22(21)32-16)31-15-19(29)13-27-8-10-28(11-9-27)14-23(30)26-18-4-2-17(24)3-5-18/h2-7,12,19,29H,8-11,13-15H2,1H3,(H,26,30)/t19-/m1/s1. The van der Waals surface area contributed by atoms with Crippen LogP contribution in [0.25, 0.3) is 10.2 Å². The second-order valence-electron chi connectivity index (χ2n) is 7.96. The number of aliphatic hydroxyl groups is 1. The van der Waals surface area contributed by atoms with Crippen molar-refractivity contribution in [2.75, 3.05) is 51.2 Å². The SMILES string of the molecule is Cc1nc2cc(OC[C@H](O)CN3CCN(CC(=O)Nc4ccc(F)cc4)CC3)ccc2s1. The number of nitrogens with zero attached hydrogens (tertiary/aromatic N) is 3. The molecule has 1 aromatic heterocycles. The first-order chi connectivity index (χ1) is 15.4. The zero-order valence-corrected chi connectivity index (χ0v) is 18.8. The summed E-state index contributed by atoms with van der Waals surface area (Å²) in [5, 5.41) is 14.2. The number of halogens is 1. The highest BCUT2D eigenvalue weighted by Crippen LogP contribution is 2.25. The number of amides is 1. The zero-order valence-electron chi connectivity index (χ0n) is 18.0. The first-order valence-electron chi connectivity index (χ1n) is 10.6. The summed E-state index contributed by atoms with van der Waals surface area (Å²) in [5.41, 5.74) is 1.50. The van der Waals surface area contributed by atoms with Crippen LogP contribution < -0.4 is 10.1 Å². The van der Waals surface area contributed by atoms with Crippen LogP contribution in [0.3, 0.4) is 0 Å². The van der Waals surface area contributed by atoms with Gasteiger partial charge in [0.1, 0.15) is 24.3 Å². The summed E-state index contributed by atoms with van der Waals surface area (Å²) in [7, 11) is 0. The highest BCUT2D eigenvalue weighted by Gasteiger charge is 2.21. The average Bonchev–Trinajstić information content (AvgIpc) is 3.14. The van der Waals surface area contributed by atoms with Gasteiger partial charge in [-0.3, -0.25) is 14.6 Å². The van der Waals surface area contributed by atoms with E-state index in [0.717, 1.165) is 41.4 Å². The number of carbonyl (C=O) groups is 1. The molecule has 0 saturated carbocycles. The first kappa shape index (κ1) is 22.6. The number of ether oxygens (including phenoxy) is 1. The molecule has 2 heterocycles. The number of rotatable bonds is 8. The maximum absolute atomic E-state index is 13.0. The van der Waals surface area contributed by atoms with E-state index in [1.807, 2.05) is 25.1 Å². The van der Waals surface area contributed by atoms with Gasteiger partial charge in [0.25, 0.3) is 0 Å². The Balaban J connectivity index is 1.16. The van der Waals surface area contributed by atoms with Gasteiger partial charge in [-0.15, -0.1) is 11.3 Å². The van der Waals surface area contributed by atoms with Crippen molar-refractivity contribution < 1.29 is 19.0 Å². The number of benzene rings is 2. The van der Waals surface area contributed by atoms with Crippen molar-refractivity contribution in [1.29, 1.82) is 0 Å². The lowest BCUT2D eigenvalue weighted by Gasteiger charge is -2.35. The van der Waals surface area contributed by atoms with E-state index in [9.17, 15) is 14.3 Å². The topological polar surface area (TPSA) is 77.9 Å². The molecular formula is C23H27FN4O3S. The monoisotopic (exact) mass is 458 g/mol. The smallest absolute Gasteiger partial charge is 0.238 e. The Morgan fingerprint density at radius 1 is 1.19 bits per heavy atom. The van der Waals surface area contributed by atoms with E-state index in [-0.39, 0.29) is 24.9 Å². The lowest BCUT2D eigenvalue weighted by atomic mass is 10.2. The van der Waals surface area contributed by atoms with Gasteiger partial charge in [-0.05, 0) is 43.3 Å². The molecule has 4 rings (SSSR count). The molecule has 0 aliphatic carbocycles. The molecular weight excluding hydrogens is 431 g/mol. The number of nitrogens with one attached hydrogen (secondary N) is 1. The summed E-state index contributed by atoms with van der Waals surface area (Å²) in [5.74, 6) is 0.256. The molecule has 1 amide bonds. The zero-order chi connectivity index (χ0) is 22.5. The fourth-order valence-electron chi connectivity index (χ4n) is 3.72. The normalized spacial score (nSPS) is 16.2. The predicted molar refractivity (Wildman–Crippen MR) is 124 cm³/mol. The third-order valence-corrected chi connectivity index (χ3v) is 6.29. The number of piperazine rings is 1. The number of aromatic nitrogens is 1. The van der Waals surface area contributed by atoms with Gasteiger partial charge < -0.3 is 15.2 Å². The molecule has 1 aliphatic heterocycles. The fourth-order valence-corrected chi connectivity index (χ4v) is 4.53. The Hall–Kier alpha value is -2.59. The Morgan fingerprint density at radius 3 is 2.66 bits per heavy atom. The van der Waals surface area contributed by atoms with E-state index >= 15 is 0 Å². The highest BCUT2D eigenvalue weighted by atomic mass is 32.1. The summed E-state index contributed by atoms with van der Waals surface area (Å²) in [4.78, 5) is 20.9. The minimum absolute atomic E-state index is 0.120. The maximum Gasteiger partial charge on any atom is 0.238 e. The molecule has 2 N–H and O–H groups in total. The highest BCUT2D eigenvalue weighted by molar-refractivity contribution is 7.18. The van der Waals surface area contributed by atoms with Crippen LogP contribution in [0.15, 0.2) is 42.5 Å². The van der Waals surface area contributed by atoms with Gasteiger partial charge in [-0.1, -0.05) is 0 Å². The third-order valence-electron chi connectivity index (χ3n) is 5.34. The van der Waals surface area contributed by atoms with E-state index in [2.05, 4.69) is 20.1 Å². The van der Waals surface area contributed by atoms with Crippen molar-refractivity contribution in [1.82, 2.24) is 14.8 Å². The number of carbonyl (C=O) groups excluding carboxylic acids is 1. The summed E-state index contributed by atoms with van der Waals surface area (Å²) in [6, 6.07) is 11.5. The van der Waals surface area contributed by atoms with E-state index in [1.165, 1.54) is 12.1 Å². The fraction of sp³-hybridized carbons (Fsp3) is 0.391. The van der Waals surface area contributed by atoms with Crippen molar-refractivity contribution >= 4 is 33.1 Å². The van der Waals surface area contributed by atoms with Gasteiger partial charge in [0, 0.05) is 44.5 Å². The van der Waals surface area contributed by atoms with E-state index in [0.29, 0.717) is 18.0 Å². The second-order valence-corrected chi connectivity index (χ2v) is 9.19. The minimum Gasteiger partial charge on any atom is -0.491 e. The second kappa shape index (κ2) is 10.4. The summed E-state index contributed by atoms with van der Waals surface area (Å²) in [6.45, 7) is 6.02. The van der Waals surface area contributed by atoms with Crippen LogP contribution in [0.5, 0.6) is 5.75 Å². The summed E-state index contributed by atoms with van der Waals surface area (Å²) in [6.07, 6.45) is -0.601. The molecule has 0 spiro atoms. The third kappa shape index (κ3) is 6.23. The molecule has 7 nitrogen and oxygen atoms in total. The predicted octanol–water partition coefficient (Wildman–Crippen LogP) is 2.74. The van der Waals surface area contributed by atoms with Crippen LogP contribution in [0, 0.1) is 12.7 Å². The molecule has 1 aliphatic rings. The Bertz CT molecular complexity index is 1050. The summed E-state index contributed by atoms with van der Waals surface area (Å²) < 4.78 is 19.9. The largest absolute Gasteiger partial charge is 0.491 e. The molecule has 0 unspecified atom stereocenters. The molecule has 1 saturated heterocycles. The van der Waals surface area contributed by atoms with Crippen LogP contribution in [0.2, 0.25) is 0 Å². The Morgan fingerprint density at radius 2 is 1.91 bits per heavy atom. The Kier molecular flexibility index (Phi) is 7.31. The van der Waals surface area contributed by atoms with Crippen LogP contribution in [-0.4, -0.2) is 77.8 Å². The van der Waals surface area contributed by atoms with Crippen molar-refractivity contribution in [3.63, 3.8) is 0 Å². The molecule has 1 atom stereocenters. The first-order valence-corrected chi connectivity index (χ1v) is 11.4. The van der Waals surface area contributed by atoms with Crippen LogP contribution >= 0.6 is 11.3 Å². The van der Waals surface area contributed by atoms with Crippen molar-refractivity contribution in [2.45, 2.75) is 13.0 Å². The number of aliphatic hydroxyl groups excluding tert-OH is 1. The van der Waals surface area contributed by atoms with Crippen molar-refractivity contribution in [3.8, 4) is 5.75 Å². The molecule has 9 heteroatoms. The minimum atomic E-state index is -0.601. The molecule has 0 bridgehead atoms. The maximum atomic E-state index is 13.0. The van der Waals surface area contributed by atoms with Gasteiger partial charge in [0.05, 0.1) is 21.8 Å². The number of hydrogen-bond donors (Lipinski definition) is 2. The number of β-amino-alcohol motifs (C(OH)–C–C–N with tert-alkyl or cyclic N) is 1. The van der Waals surface area contributed by atoms with Crippen molar-refractivity contribution in [2.24, 2.45) is 0 Å². The average molecular weight is 459 g/mol. The van der Waals surface area contributed by atoms with Crippen LogP contribution in [0.4, 0.5) is 10.1 Å². The Labute approximate surface area is 190 Å². The van der Waals surface area contributed by atoms with Crippen LogP contribution in [0.1, 0.15) is 5.01 Å². The lowest BCUT2D eigenvalue weighted by Crippen LogP contribution is -2.50. The van der Waals surface area contributed by atoms with Gasteiger partial charge in [0.2, 0.25) is 5.91 Å². The number of hydrogen-bond acceptors (Lipinski definition) is 7. The number of aryl methyl sites for hydroxylation is 1. The lowest BCUT2D eigenvalue weighted by molar-refractivity contribution is -0.117. The van der Waals surface area contributed by atoms with Gasteiger partial charge in [-0.25, -0.2) is 9.37 Å². The van der Waals surface area contributed by atoms with Gasteiger partial charge in [0.15, 0.2) is 0 Å². The molecule has 1 fully saturated rings. The number of anilines is 1. The number of thiazole rings is 1. The molecule has 3 aromatic rings. The quantitative estimate of drug-likeness (QED) is 0.541. The van der Waals surface area contributed by atoms with E-state index in [4.69, 9.17) is 4.74 Å². The van der Waals surface area contributed by atoms with Gasteiger partial charge in [-0.2, -0.15) is 0 Å². The molecule has 2 aromatic carbocycles. The molecule has 0 radical (unpaired) electrons. The van der Waals surface area contributed by atoms with E-state index < -0.39 is 6.10 Å². The summed E-state index contributed by atoms with van der Waals surface area (Å²) >= 11 is 1.65.